The van der Waals surface area contributed by atoms with Crippen molar-refractivity contribution in [1.29, 1.82) is 5.26 Å². The molecule has 0 aliphatic carbocycles. The molecule has 3 N–H and O–H groups in total. The zero-order chi connectivity index (χ0) is 15.1. The Hall–Kier alpha value is -2.12. The van der Waals surface area contributed by atoms with E-state index in [0.717, 1.165) is 29.9 Å². The molecule has 0 fully saturated rings. The second-order valence-electron chi connectivity index (χ2n) is 5.32. The predicted octanol–water partition coefficient (Wildman–Crippen LogP) is 3.92. The molecular formula is C17H22N4. The van der Waals surface area contributed by atoms with Gasteiger partial charge >= 0.3 is 0 Å². The van der Waals surface area contributed by atoms with E-state index in [0.29, 0.717) is 5.56 Å². The van der Waals surface area contributed by atoms with Crippen LogP contribution >= 0.6 is 0 Å². The van der Waals surface area contributed by atoms with Gasteiger partial charge in [0.25, 0.3) is 0 Å². The van der Waals surface area contributed by atoms with Crippen molar-refractivity contribution in [3.63, 3.8) is 0 Å². The summed E-state index contributed by atoms with van der Waals surface area (Å²) in [5.74, 6) is 0.839. The van der Waals surface area contributed by atoms with Gasteiger partial charge in [-0.25, -0.2) is 4.98 Å². The molecule has 0 saturated carbocycles. The van der Waals surface area contributed by atoms with Crippen LogP contribution < -0.4 is 5.73 Å². The Morgan fingerprint density at radius 3 is 2.67 bits per heavy atom. The number of unbranched alkanes of at least 4 members (excludes halogenated alkanes) is 3. The zero-order valence-corrected chi connectivity index (χ0v) is 12.5. The molecule has 0 spiro atoms. The topological polar surface area (TPSA) is 78.5 Å². The van der Waals surface area contributed by atoms with E-state index in [-0.39, 0.29) is 6.04 Å². The molecule has 0 radical (unpaired) electrons. The van der Waals surface area contributed by atoms with Gasteiger partial charge in [0.1, 0.15) is 5.82 Å². The monoisotopic (exact) mass is 282 g/mol. The number of aromatic amines is 1. The molecule has 4 heteroatoms. The van der Waals surface area contributed by atoms with Crippen LogP contribution in [0.2, 0.25) is 0 Å². The Kier molecular flexibility index (Phi) is 5.53. The fourth-order valence-corrected chi connectivity index (χ4v) is 2.32. The highest BCUT2D eigenvalue weighted by Crippen LogP contribution is 2.21. The highest BCUT2D eigenvalue weighted by molar-refractivity contribution is 5.59. The summed E-state index contributed by atoms with van der Waals surface area (Å²) in [6.45, 7) is 2.20. The van der Waals surface area contributed by atoms with Crippen molar-refractivity contribution < 1.29 is 0 Å². The summed E-state index contributed by atoms with van der Waals surface area (Å²) in [7, 11) is 0. The van der Waals surface area contributed by atoms with E-state index in [2.05, 4.69) is 23.0 Å². The van der Waals surface area contributed by atoms with Crippen molar-refractivity contribution in [2.24, 2.45) is 5.73 Å². The molecule has 1 unspecified atom stereocenters. The fraction of sp³-hybridized carbons (Fsp3) is 0.412. The fourth-order valence-electron chi connectivity index (χ4n) is 2.32. The quantitative estimate of drug-likeness (QED) is 0.755. The minimum Gasteiger partial charge on any atom is -0.347 e. The predicted molar refractivity (Wildman–Crippen MR) is 84.4 cm³/mol. The lowest BCUT2D eigenvalue weighted by molar-refractivity contribution is 0.550. The zero-order valence-electron chi connectivity index (χ0n) is 12.5. The van der Waals surface area contributed by atoms with Crippen molar-refractivity contribution in [3.8, 4) is 17.3 Å². The van der Waals surface area contributed by atoms with Gasteiger partial charge in [0.15, 0.2) is 0 Å². The first kappa shape index (κ1) is 15.3. The summed E-state index contributed by atoms with van der Waals surface area (Å²) in [5, 5.41) is 8.81. The van der Waals surface area contributed by atoms with Crippen LogP contribution in [0.25, 0.3) is 11.3 Å². The number of rotatable bonds is 7. The summed E-state index contributed by atoms with van der Waals surface area (Å²) >= 11 is 0. The number of H-pyrrole nitrogens is 1. The van der Waals surface area contributed by atoms with Gasteiger partial charge in [-0.3, -0.25) is 0 Å². The van der Waals surface area contributed by atoms with Gasteiger partial charge in [0.05, 0.1) is 23.4 Å². The summed E-state index contributed by atoms with van der Waals surface area (Å²) in [6.07, 6.45) is 7.71. The largest absolute Gasteiger partial charge is 0.347 e. The smallest absolute Gasteiger partial charge is 0.123 e. The van der Waals surface area contributed by atoms with Gasteiger partial charge in [-0.05, 0) is 18.6 Å². The molecule has 1 atom stereocenters. The number of benzene rings is 1. The van der Waals surface area contributed by atoms with E-state index >= 15 is 0 Å². The van der Waals surface area contributed by atoms with Gasteiger partial charge in [0.2, 0.25) is 0 Å². The Labute approximate surface area is 126 Å². The van der Waals surface area contributed by atoms with Crippen molar-refractivity contribution in [1.82, 2.24) is 9.97 Å². The van der Waals surface area contributed by atoms with Crippen molar-refractivity contribution >= 4 is 0 Å². The third-order valence-corrected chi connectivity index (χ3v) is 3.63. The molecular weight excluding hydrogens is 260 g/mol. The molecule has 0 aliphatic heterocycles. The second-order valence-corrected chi connectivity index (χ2v) is 5.32. The van der Waals surface area contributed by atoms with E-state index in [1.165, 1.54) is 19.3 Å². The Balaban J connectivity index is 1.98. The van der Waals surface area contributed by atoms with Crippen molar-refractivity contribution in [2.75, 3.05) is 0 Å². The van der Waals surface area contributed by atoms with Gasteiger partial charge in [-0.1, -0.05) is 44.7 Å². The third-order valence-electron chi connectivity index (χ3n) is 3.63. The van der Waals surface area contributed by atoms with Crippen molar-refractivity contribution in [3.05, 3.63) is 41.9 Å². The maximum Gasteiger partial charge on any atom is 0.123 e. The van der Waals surface area contributed by atoms with E-state index in [4.69, 9.17) is 11.0 Å². The lowest BCUT2D eigenvalue weighted by Crippen LogP contribution is -2.11. The van der Waals surface area contributed by atoms with Crippen LogP contribution in [0.4, 0.5) is 0 Å². The van der Waals surface area contributed by atoms with Gasteiger partial charge in [-0.2, -0.15) is 5.26 Å². The van der Waals surface area contributed by atoms with Crippen LogP contribution in [0.15, 0.2) is 30.5 Å². The number of aromatic nitrogens is 2. The standard InChI is InChI=1S/C17H22N4/c1-2-3-4-5-6-15(19)17-20-12-16(21-17)14-9-7-13(11-18)8-10-14/h7-10,12,15H,2-6,19H2,1H3,(H,20,21). The minimum absolute atomic E-state index is 0.0333. The highest BCUT2D eigenvalue weighted by Gasteiger charge is 2.11. The summed E-state index contributed by atoms with van der Waals surface area (Å²) in [6, 6.07) is 9.50. The van der Waals surface area contributed by atoms with Gasteiger partial charge < -0.3 is 10.7 Å². The van der Waals surface area contributed by atoms with Gasteiger partial charge in [0, 0.05) is 11.8 Å². The van der Waals surface area contributed by atoms with E-state index < -0.39 is 0 Å². The molecule has 110 valence electrons. The molecule has 1 aromatic carbocycles. The van der Waals surface area contributed by atoms with E-state index in [1.54, 1.807) is 12.1 Å². The number of nitrogens with two attached hydrogens (primary N) is 1. The number of hydrogen-bond acceptors (Lipinski definition) is 3. The summed E-state index contributed by atoms with van der Waals surface area (Å²) < 4.78 is 0. The molecule has 0 saturated heterocycles. The SMILES string of the molecule is CCCCCCC(N)c1nc(-c2ccc(C#N)cc2)c[nH]1. The van der Waals surface area contributed by atoms with Crippen LogP contribution in [-0.4, -0.2) is 9.97 Å². The van der Waals surface area contributed by atoms with Crippen LogP contribution in [-0.2, 0) is 0 Å². The lowest BCUT2D eigenvalue weighted by Gasteiger charge is -2.07. The van der Waals surface area contributed by atoms with E-state index in [9.17, 15) is 0 Å². The molecule has 2 aromatic rings. The molecule has 2 rings (SSSR count). The number of nitrogens with one attached hydrogen (secondary N) is 1. The Morgan fingerprint density at radius 1 is 1.24 bits per heavy atom. The number of hydrogen-bond donors (Lipinski definition) is 2. The van der Waals surface area contributed by atoms with E-state index in [1.807, 2.05) is 18.3 Å². The van der Waals surface area contributed by atoms with Crippen LogP contribution in [0, 0.1) is 11.3 Å². The van der Waals surface area contributed by atoms with Gasteiger partial charge in [-0.15, -0.1) is 0 Å². The minimum atomic E-state index is -0.0333. The molecule has 0 amide bonds. The first-order valence-electron chi connectivity index (χ1n) is 7.56. The molecule has 1 heterocycles. The first-order chi connectivity index (χ1) is 10.2. The molecule has 0 aliphatic rings. The van der Waals surface area contributed by atoms with Crippen LogP contribution in [0.5, 0.6) is 0 Å². The molecule has 21 heavy (non-hydrogen) atoms. The Bertz CT molecular complexity index is 592. The third kappa shape index (κ3) is 4.17. The Morgan fingerprint density at radius 2 is 2.00 bits per heavy atom. The highest BCUT2D eigenvalue weighted by atomic mass is 15.0. The average molecular weight is 282 g/mol. The lowest BCUT2D eigenvalue weighted by atomic mass is 10.1. The molecule has 0 bridgehead atoms. The van der Waals surface area contributed by atoms with Crippen LogP contribution in [0.3, 0.4) is 0 Å². The summed E-state index contributed by atoms with van der Waals surface area (Å²) in [4.78, 5) is 7.74. The molecule has 4 nitrogen and oxygen atoms in total. The summed E-state index contributed by atoms with van der Waals surface area (Å²) in [5.41, 5.74) is 8.70. The van der Waals surface area contributed by atoms with Crippen LogP contribution in [0.1, 0.15) is 56.5 Å². The first-order valence-corrected chi connectivity index (χ1v) is 7.56. The van der Waals surface area contributed by atoms with Crippen molar-refractivity contribution in [2.45, 2.75) is 45.1 Å². The maximum absolute atomic E-state index is 8.81. The second kappa shape index (κ2) is 7.61. The number of imidazole rings is 1. The number of nitriles is 1. The average Bonchev–Trinajstić information content (AvgIpc) is 3.01. The normalized spacial score (nSPS) is 12.0. The maximum atomic E-state index is 8.81. The number of nitrogens with zero attached hydrogens (tertiary/aromatic N) is 2. The molecule has 1 aromatic heterocycles.